The van der Waals surface area contributed by atoms with Crippen LogP contribution in [0.15, 0.2) is 18.2 Å². The van der Waals surface area contributed by atoms with Crippen LogP contribution in [0.4, 0.5) is 17.6 Å². The molecule has 1 atom stereocenters. The van der Waals surface area contributed by atoms with E-state index in [1.54, 1.807) is 0 Å². The van der Waals surface area contributed by atoms with Crippen LogP contribution >= 0.6 is 0 Å². The van der Waals surface area contributed by atoms with E-state index in [1.165, 1.54) is 4.90 Å². The summed E-state index contributed by atoms with van der Waals surface area (Å²) in [5, 5.41) is 9.24. The van der Waals surface area contributed by atoms with E-state index in [1.807, 2.05) is 0 Å². The van der Waals surface area contributed by atoms with Gasteiger partial charge in [-0.1, -0.05) is 6.07 Å². The summed E-state index contributed by atoms with van der Waals surface area (Å²) in [5.74, 6) is -2.39. The second-order valence-electron chi connectivity index (χ2n) is 4.71. The average molecular weight is 291 g/mol. The normalized spacial score (nSPS) is 18.2. The maximum atomic E-state index is 13.1. The third-order valence-corrected chi connectivity index (χ3v) is 3.36. The largest absolute Gasteiger partial charge is 0.480 e. The zero-order chi connectivity index (χ0) is 14.9. The number of hydrogen-bond acceptors (Lipinski definition) is 2. The molecule has 1 aromatic rings. The summed E-state index contributed by atoms with van der Waals surface area (Å²) in [5.41, 5.74) is -1.63. The van der Waals surface area contributed by atoms with Gasteiger partial charge in [-0.3, -0.25) is 9.69 Å². The lowest BCUT2D eigenvalue weighted by Gasteiger charge is -2.26. The molecule has 0 amide bonds. The molecule has 1 unspecified atom stereocenters. The van der Waals surface area contributed by atoms with E-state index in [-0.39, 0.29) is 0 Å². The van der Waals surface area contributed by atoms with Crippen molar-refractivity contribution in [3.05, 3.63) is 35.1 Å². The van der Waals surface area contributed by atoms with Crippen molar-refractivity contribution in [2.24, 2.45) is 0 Å². The third kappa shape index (κ3) is 2.92. The van der Waals surface area contributed by atoms with Crippen molar-refractivity contribution >= 4 is 5.97 Å². The van der Waals surface area contributed by atoms with Gasteiger partial charge in [-0.25, -0.2) is 4.39 Å². The molecule has 1 aliphatic heterocycles. The van der Waals surface area contributed by atoms with Crippen molar-refractivity contribution < 1.29 is 27.5 Å². The van der Waals surface area contributed by atoms with E-state index in [4.69, 9.17) is 0 Å². The average Bonchev–Trinajstić information content (AvgIpc) is 2.83. The van der Waals surface area contributed by atoms with Crippen molar-refractivity contribution in [1.82, 2.24) is 4.90 Å². The SMILES string of the molecule is O=C(O)C(c1ccc(F)cc1C(F)(F)F)N1CCCC1. The molecule has 0 aromatic heterocycles. The van der Waals surface area contributed by atoms with Gasteiger partial charge in [0, 0.05) is 0 Å². The number of benzene rings is 1. The van der Waals surface area contributed by atoms with Gasteiger partial charge in [0.1, 0.15) is 11.9 Å². The monoisotopic (exact) mass is 291 g/mol. The van der Waals surface area contributed by atoms with Gasteiger partial charge in [0.05, 0.1) is 5.56 Å². The lowest BCUT2D eigenvalue weighted by atomic mass is 9.98. The van der Waals surface area contributed by atoms with E-state index in [2.05, 4.69) is 0 Å². The first-order valence-electron chi connectivity index (χ1n) is 6.14. The van der Waals surface area contributed by atoms with E-state index >= 15 is 0 Å². The molecule has 1 saturated heterocycles. The Balaban J connectivity index is 2.50. The van der Waals surface area contributed by atoms with Gasteiger partial charge in [0.15, 0.2) is 0 Å². The fraction of sp³-hybridized carbons (Fsp3) is 0.462. The number of likely N-dealkylation sites (tertiary alicyclic amines) is 1. The predicted octanol–water partition coefficient (Wildman–Crippen LogP) is 3.07. The van der Waals surface area contributed by atoms with Crippen LogP contribution in [0.25, 0.3) is 0 Å². The maximum absolute atomic E-state index is 13.1. The molecular formula is C13H13F4NO2. The Labute approximate surface area is 112 Å². The third-order valence-electron chi connectivity index (χ3n) is 3.36. The van der Waals surface area contributed by atoms with Gasteiger partial charge in [-0.2, -0.15) is 13.2 Å². The maximum Gasteiger partial charge on any atom is 0.416 e. The molecule has 110 valence electrons. The summed E-state index contributed by atoms with van der Waals surface area (Å²) in [7, 11) is 0. The Hall–Kier alpha value is -1.63. The molecule has 0 bridgehead atoms. The molecule has 20 heavy (non-hydrogen) atoms. The van der Waals surface area contributed by atoms with Crippen LogP contribution in [-0.4, -0.2) is 29.1 Å². The summed E-state index contributed by atoms with van der Waals surface area (Å²) in [6.45, 7) is 0.845. The molecule has 1 aromatic carbocycles. The number of halogens is 4. The van der Waals surface area contributed by atoms with Gasteiger partial charge in [-0.15, -0.1) is 0 Å². The number of hydrogen-bond donors (Lipinski definition) is 1. The Bertz CT molecular complexity index is 510. The van der Waals surface area contributed by atoms with Crippen LogP contribution in [-0.2, 0) is 11.0 Å². The lowest BCUT2D eigenvalue weighted by molar-refractivity contribution is -0.145. The van der Waals surface area contributed by atoms with Crippen molar-refractivity contribution in [3.63, 3.8) is 0 Å². The molecule has 0 radical (unpaired) electrons. The predicted molar refractivity (Wildman–Crippen MR) is 62.6 cm³/mol. The second-order valence-corrected chi connectivity index (χ2v) is 4.71. The van der Waals surface area contributed by atoms with Crippen molar-refractivity contribution in [2.45, 2.75) is 25.1 Å². The Morgan fingerprint density at radius 1 is 1.25 bits per heavy atom. The fourth-order valence-electron chi connectivity index (χ4n) is 2.50. The highest BCUT2D eigenvalue weighted by Gasteiger charge is 2.39. The Morgan fingerprint density at radius 3 is 2.35 bits per heavy atom. The van der Waals surface area contributed by atoms with Crippen LogP contribution in [0.3, 0.4) is 0 Å². The second kappa shape index (κ2) is 5.40. The molecular weight excluding hydrogens is 278 g/mol. The van der Waals surface area contributed by atoms with Gasteiger partial charge >= 0.3 is 12.1 Å². The smallest absolute Gasteiger partial charge is 0.416 e. The van der Waals surface area contributed by atoms with Crippen LogP contribution in [0, 0.1) is 5.82 Å². The summed E-state index contributed by atoms with van der Waals surface area (Å²) < 4.78 is 51.9. The zero-order valence-corrected chi connectivity index (χ0v) is 10.5. The summed E-state index contributed by atoms with van der Waals surface area (Å²) in [6, 6.07) is 0.724. The summed E-state index contributed by atoms with van der Waals surface area (Å²) in [6.07, 6.45) is -3.30. The highest BCUT2D eigenvalue weighted by molar-refractivity contribution is 5.76. The minimum atomic E-state index is -4.79. The number of aliphatic carboxylic acids is 1. The number of carboxylic acids is 1. The minimum Gasteiger partial charge on any atom is -0.480 e. The molecule has 7 heteroatoms. The Morgan fingerprint density at radius 2 is 1.85 bits per heavy atom. The topological polar surface area (TPSA) is 40.5 Å². The van der Waals surface area contributed by atoms with Gasteiger partial charge < -0.3 is 5.11 Å². The lowest BCUT2D eigenvalue weighted by Crippen LogP contribution is -2.33. The minimum absolute atomic E-state index is 0.349. The summed E-state index contributed by atoms with van der Waals surface area (Å²) in [4.78, 5) is 12.8. The van der Waals surface area contributed by atoms with Crippen LogP contribution in [0.5, 0.6) is 0 Å². The molecule has 3 nitrogen and oxygen atoms in total. The van der Waals surface area contributed by atoms with Gasteiger partial charge in [0.2, 0.25) is 0 Å². The number of carbonyl (C=O) groups is 1. The Kier molecular flexibility index (Phi) is 3.99. The molecule has 1 heterocycles. The quantitative estimate of drug-likeness (QED) is 0.870. The zero-order valence-electron chi connectivity index (χ0n) is 10.5. The van der Waals surface area contributed by atoms with Crippen molar-refractivity contribution in [1.29, 1.82) is 0 Å². The van der Waals surface area contributed by atoms with Crippen LogP contribution < -0.4 is 0 Å². The first-order valence-corrected chi connectivity index (χ1v) is 6.14. The highest BCUT2D eigenvalue weighted by Crippen LogP contribution is 2.37. The number of nitrogens with zero attached hydrogens (tertiary/aromatic N) is 1. The molecule has 1 fully saturated rings. The van der Waals surface area contributed by atoms with Crippen molar-refractivity contribution in [2.75, 3.05) is 13.1 Å². The van der Waals surface area contributed by atoms with Gasteiger partial charge in [-0.05, 0) is 43.6 Å². The fourth-order valence-corrected chi connectivity index (χ4v) is 2.50. The highest BCUT2D eigenvalue weighted by atomic mass is 19.4. The number of alkyl halides is 3. The molecule has 1 N–H and O–H groups in total. The molecule has 0 spiro atoms. The molecule has 0 saturated carbocycles. The van der Waals surface area contributed by atoms with Crippen molar-refractivity contribution in [3.8, 4) is 0 Å². The van der Waals surface area contributed by atoms with E-state index < -0.39 is 35.1 Å². The van der Waals surface area contributed by atoms with Gasteiger partial charge in [0.25, 0.3) is 0 Å². The number of rotatable bonds is 3. The van der Waals surface area contributed by atoms with E-state index in [9.17, 15) is 27.5 Å². The van der Waals surface area contributed by atoms with Crippen LogP contribution in [0.1, 0.15) is 30.0 Å². The molecule has 2 rings (SSSR count). The standard InChI is InChI=1S/C13H13F4NO2/c14-8-3-4-9(10(7-8)13(15,16)17)11(12(19)20)18-5-1-2-6-18/h3-4,7,11H,1-2,5-6H2,(H,19,20). The van der Waals surface area contributed by atoms with E-state index in [0.29, 0.717) is 19.2 Å². The van der Waals surface area contributed by atoms with Crippen LogP contribution in [0.2, 0.25) is 0 Å². The number of carboxylic acid groups (broad SMARTS) is 1. The van der Waals surface area contributed by atoms with E-state index in [0.717, 1.165) is 25.0 Å². The first-order chi connectivity index (χ1) is 9.30. The molecule has 1 aliphatic rings. The molecule has 0 aliphatic carbocycles. The summed E-state index contributed by atoms with van der Waals surface area (Å²) >= 11 is 0. The first kappa shape index (κ1) is 14.8.